The van der Waals surface area contributed by atoms with Crippen molar-refractivity contribution in [3.05, 3.63) is 36.1 Å². The van der Waals surface area contributed by atoms with Crippen molar-refractivity contribution in [2.45, 2.75) is 19.9 Å². The summed E-state index contributed by atoms with van der Waals surface area (Å²) in [5, 5.41) is 6.61. The van der Waals surface area contributed by atoms with Gasteiger partial charge in [-0.2, -0.15) is 0 Å². The highest BCUT2D eigenvalue weighted by Gasteiger charge is 2.27. The van der Waals surface area contributed by atoms with Crippen molar-refractivity contribution in [2.75, 3.05) is 43.5 Å². The van der Waals surface area contributed by atoms with E-state index in [1.54, 1.807) is 20.1 Å². The Labute approximate surface area is 147 Å². The molecule has 0 spiro atoms. The highest BCUT2D eigenvalue weighted by Crippen LogP contribution is 2.28. The minimum atomic E-state index is -0.225. The lowest BCUT2D eigenvalue weighted by molar-refractivity contribution is -0.120. The van der Waals surface area contributed by atoms with Crippen LogP contribution in [0.2, 0.25) is 0 Å². The molecule has 1 amide bonds. The van der Waals surface area contributed by atoms with Gasteiger partial charge in [-0.1, -0.05) is 17.3 Å². The Morgan fingerprint density at radius 2 is 2.00 bits per heavy atom. The first kappa shape index (κ1) is 17.3. The number of anilines is 2. The minimum Gasteiger partial charge on any atom is -0.495 e. The van der Waals surface area contributed by atoms with Crippen molar-refractivity contribution in [1.82, 2.24) is 10.1 Å². The van der Waals surface area contributed by atoms with Gasteiger partial charge in [-0.25, -0.2) is 0 Å². The second kappa shape index (κ2) is 7.57. The maximum absolute atomic E-state index is 12.4. The van der Waals surface area contributed by atoms with Crippen LogP contribution in [0.1, 0.15) is 12.7 Å². The molecular formula is C18H24N4O3. The number of para-hydroxylation sites is 2. The normalized spacial score (nSPS) is 16.5. The van der Waals surface area contributed by atoms with E-state index < -0.39 is 0 Å². The van der Waals surface area contributed by atoms with Gasteiger partial charge < -0.3 is 19.5 Å². The summed E-state index contributed by atoms with van der Waals surface area (Å²) in [5.74, 6) is 1.94. The van der Waals surface area contributed by atoms with Gasteiger partial charge in [-0.15, -0.1) is 0 Å². The summed E-state index contributed by atoms with van der Waals surface area (Å²) in [4.78, 5) is 16.9. The molecule has 1 fully saturated rings. The van der Waals surface area contributed by atoms with E-state index in [1.807, 2.05) is 25.1 Å². The fraction of sp³-hybridized carbons (Fsp3) is 0.444. The van der Waals surface area contributed by atoms with Crippen molar-refractivity contribution >= 4 is 17.4 Å². The van der Waals surface area contributed by atoms with Crippen LogP contribution in [0.15, 0.2) is 34.9 Å². The summed E-state index contributed by atoms with van der Waals surface area (Å²) in [6.07, 6.45) is 0. The Hall–Kier alpha value is -2.54. The maximum atomic E-state index is 12.4. The molecule has 1 aromatic carbocycles. The number of carbonyl (C=O) groups is 1. The van der Waals surface area contributed by atoms with Gasteiger partial charge in [0.05, 0.1) is 18.8 Å². The van der Waals surface area contributed by atoms with Crippen LogP contribution in [0.5, 0.6) is 5.75 Å². The lowest BCUT2D eigenvalue weighted by atomic mass is 10.2. The van der Waals surface area contributed by atoms with Gasteiger partial charge in [-0.05, 0) is 26.0 Å². The number of hydrogen-bond donors (Lipinski definition) is 1. The van der Waals surface area contributed by atoms with Crippen LogP contribution in [0, 0.1) is 6.92 Å². The number of aryl methyl sites for hydroxylation is 1. The zero-order valence-corrected chi connectivity index (χ0v) is 14.9. The molecule has 0 saturated carbocycles. The molecule has 0 radical (unpaired) electrons. The maximum Gasteiger partial charge on any atom is 0.242 e. The van der Waals surface area contributed by atoms with E-state index in [4.69, 9.17) is 9.26 Å². The van der Waals surface area contributed by atoms with Gasteiger partial charge in [-0.3, -0.25) is 9.69 Å². The van der Waals surface area contributed by atoms with Gasteiger partial charge >= 0.3 is 0 Å². The van der Waals surface area contributed by atoms with Crippen LogP contribution in [0.3, 0.4) is 0 Å². The van der Waals surface area contributed by atoms with Gasteiger partial charge in [0.25, 0.3) is 0 Å². The van der Waals surface area contributed by atoms with Crippen molar-refractivity contribution in [2.24, 2.45) is 0 Å². The quantitative estimate of drug-likeness (QED) is 0.896. The first-order chi connectivity index (χ1) is 12.1. The van der Waals surface area contributed by atoms with Crippen LogP contribution in [-0.4, -0.2) is 55.3 Å². The van der Waals surface area contributed by atoms with Crippen LogP contribution in [0.4, 0.5) is 11.5 Å². The number of ether oxygens (including phenoxy) is 1. The molecule has 1 aromatic heterocycles. The molecule has 1 aliphatic heterocycles. The van der Waals surface area contributed by atoms with E-state index in [0.29, 0.717) is 11.6 Å². The fourth-order valence-corrected chi connectivity index (χ4v) is 3.06. The zero-order chi connectivity index (χ0) is 17.8. The number of rotatable bonds is 5. The molecule has 0 bridgehead atoms. The first-order valence-corrected chi connectivity index (χ1v) is 8.44. The average Bonchev–Trinajstić information content (AvgIpc) is 3.06. The van der Waals surface area contributed by atoms with Gasteiger partial charge in [0.1, 0.15) is 11.5 Å². The number of nitrogens with zero attached hydrogens (tertiary/aromatic N) is 3. The van der Waals surface area contributed by atoms with E-state index in [2.05, 4.69) is 26.3 Å². The third-order valence-electron chi connectivity index (χ3n) is 4.55. The molecular weight excluding hydrogens is 320 g/mol. The predicted molar refractivity (Wildman–Crippen MR) is 96.1 cm³/mol. The highest BCUT2D eigenvalue weighted by molar-refractivity contribution is 5.93. The van der Waals surface area contributed by atoms with E-state index in [9.17, 15) is 4.79 Å². The second-order valence-corrected chi connectivity index (χ2v) is 6.18. The topological polar surface area (TPSA) is 70.8 Å². The molecule has 7 nitrogen and oxygen atoms in total. The van der Waals surface area contributed by atoms with Gasteiger partial charge in [0.15, 0.2) is 5.82 Å². The predicted octanol–water partition coefficient (Wildman–Crippen LogP) is 2.14. The number of piperazine rings is 1. The summed E-state index contributed by atoms with van der Waals surface area (Å²) in [6.45, 7) is 7.03. The van der Waals surface area contributed by atoms with E-state index in [0.717, 1.165) is 37.6 Å². The monoisotopic (exact) mass is 344 g/mol. The second-order valence-electron chi connectivity index (χ2n) is 6.18. The van der Waals surface area contributed by atoms with Crippen molar-refractivity contribution in [3.63, 3.8) is 0 Å². The first-order valence-electron chi connectivity index (χ1n) is 8.44. The van der Waals surface area contributed by atoms with E-state index in [-0.39, 0.29) is 11.9 Å². The van der Waals surface area contributed by atoms with E-state index >= 15 is 0 Å². The molecule has 0 aliphatic carbocycles. The lowest BCUT2D eigenvalue weighted by Gasteiger charge is -2.38. The van der Waals surface area contributed by atoms with Crippen molar-refractivity contribution < 1.29 is 14.1 Å². The molecule has 7 heteroatoms. The zero-order valence-electron chi connectivity index (χ0n) is 14.9. The number of benzene rings is 1. The molecule has 3 rings (SSSR count). The molecule has 2 aromatic rings. The Balaban J connectivity index is 1.57. The molecule has 1 saturated heterocycles. The SMILES string of the molecule is COc1ccccc1N1CCN([C@@H](C)C(=O)Nc2cc(C)on2)CC1. The number of aromatic nitrogens is 1. The fourth-order valence-electron chi connectivity index (χ4n) is 3.06. The molecule has 1 aliphatic rings. The van der Waals surface area contributed by atoms with Gasteiger partial charge in [0.2, 0.25) is 5.91 Å². The average molecular weight is 344 g/mol. The molecule has 2 heterocycles. The molecule has 134 valence electrons. The summed E-state index contributed by atoms with van der Waals surface area (Å²) >= 11 is 0. The van der Waals surface area contributed by atoms with Crippen molar-refractivity contribution in [3.8, 4) is 5.75 Å². The third kappa shape index (κ3) is 3.93. The van der Waals surface area contributed by atoms with Crippen LogP contribution in [0.25, 0.3) is 0 Å². The van der Waals surface area contributed by atoms with Crippen LogP contribution < -0.4 is 15.0 Å². The number of methoxy groups -OCH3 is 1. The summed E-state index contributed by atoms with van der Waals surface area (Å²) < 4.78 is 10.4. The minimum absolute atomic E-state index is 0.0703. The standard InChI is InChI=1S/C18H24N4O3/c1-13-12-17(20-25-13)19-18(23)14(2)21-8-10-22(11-9-21)15-6-4-5-7-16(15)24-3/h4-7,12,14H,8-11H2,1-3H3,(H,19,20,23)/t14-/m0/s1. The number of nitrogens with one attached hydrogen (secondary N) is 1. The Bertz CT molecular complexity index is 723. The number of carbonyl (C=O) groups excluding carboxylic acids is 1. The van der Waals surface area contributed by atoms with E-state index in [1.165, 1.54) is 0 Å². The highest BCUT2D eigenvalue weighted by atomic mass is 16.5. The van der Waals surface area contributed by atoms with Gasteiger partial charge in [0, 0.05) is 32.2 Å². The number of hydrogen-bond acceptors (Lipinski definition) is 6. The Morgan fingerprint density at radius 1 is 1.28 bits per heavy atom. The third-order valence-corrected chi connectivity index (χ3v) is 4.55. The number of amides is 1. The smallest absolute Gasteiger partial charge is 0.242 e. The lowest BCUT2D eigenvalue weighted by Crippen LogP contribution is -2.52. The largest absolute Gasteiger partial charge is 0.495 e. The van der Waals surface area contributed by atoms with Crippen LogP contribution >= 0.6 is 0 Å². The Kier molecular flexibility index (Phi) is 5.23. The Morgan fingerprint density at radius 3 is 2.64 bits per heavy atom. The molecule has 25 heavy (non-hydrogen) atoms. The summed E-state index contributed by atoms with van der Waals surface area (Å²) in [6, 6.07) is 9.51. The molecule has 1 N–H and O–H groups in total. The van der Waals surface area contributed by atoms with Crippen molar-refractivity contribution in [1.29, 1.82) is 0 Å². The summed E-state index contributed by atoms with van der Waals surface area (Å²) in [5.41, 5.74) is 1.10. The molecule has 1 atom stereocenters. The molecule has 0 unspecified atom stereocenters. The summed E-state index contributed by atoms with van der Waals surface area (Å²) in [7, 11) is 1.69. The van der Waals surface area contributed by atoms with Crippen LogP contribution in [-0.2, 0) is 4.79 Å².